The van der Waals surface area contributed by atoms with Gasteiger partial charge in [0.15, 0.2) is 0 Å². The van der Waals surface area contributed by atoms with Gasteiger partial charge in [0.1, 0.15) is 11.5 Å². The molecule has 1 aromatic carbocycles. The van der Waals surface area contributed by atoms with E-state index in [1.807, 2.05) is 16.8 Å². The minimum absolute atomic E-state index is 0.0838. The number of carbonyl (C=O) groups excluding carboxylic acids is 3. The molecule has 3 saturated heterocycles. The number of urea groups is 1. The van der Waals surface area contributed by atoms with Crippen LogP contribution in [0, 0.1) is 0 Å². The van der Waals surface area contributed by atoms with Crippen molar-refractivity contribution in [2.24, 2.45) is 5.73 Å². The number of likely N-dealkylation sites (N-methyl/N-ethyl adjacent to an activating group) is 1. The van der Waals surface area contributed by atoms with Crippen LogP contribution in [0.4, 0.5) is 10.6 Å². The van der Waals surface area contributed by atoms with Crippen LogP contribution in [0.25, 0.3) is 0 Å². The first kappa shape index (κ1) is 25.9. The molecule has 0 saturated carbocycles. The second-order valence-corrected chi connectivity index (χ2v) is 10.7. The van der Waals surface area contributed by atoms with Gasteiger partial charge >= 0.3 is 6.03 Å². The minimum atomic E-state index is -0.588. The van der Waals surface area contributed by atoms with E-state index in [1.54, 1.807) is 18.0 Å². The highest BCUT2D eigenvalue weighted by Crippen LogP contribution is 2.29. The molecule has 10 nitrogen and oxygen atoms in total. The zero-order valence-electron chi connectivity index (χ0n) is 22.3. The second-order valence-electron chi connectivity index (χ2n) is 10.7. The second kappa shape index (κ2) is 11.0. The lowest BCUT2D eigenvalue weighted by Gasteiger charge is -2.37. The third kappa shape index (κ3) is 5.44. The molecule has 0 unspecified atom stereocenters. The standard InChI is InChI=1S/C28H37N7O3/c1-19(36)33-12-9-22(10-13-33)21-7-5-20(6-8-21)16-24-26(27(29)37)30-17-25(31-24)34-11-3-4-23(18-34)35-15-14-32(2)28(35)38/h5-8,17,22-23H,3-4,9-16,18H2,1-2H3,(H2,29,37)/t23-/m1/s1. The predicted molar refractivity (Wildman–Crippen MR) is 144 cm³/mol. The molecule has 3 aliphatic rings. The summed E-state index contributed by atoms with van der Waals surface area (Å²) in [5.74, 6) is 0.710. The Hall–Kier alpha value is -3.69. The van der Waals surface area contributed by atoms with Crippen LogP contribution in [0.1, 0.15) is 65.8 Å². The maximum Gasteiger partial charge on any atom is 0.320 e. The summed E-state index contributed by atoms with van der Waals surface area (Å²) in [5.41, 5.74) is 8.72. The molecule has 4 amide bonds. The van der Waals surface area contributed by atoms with Crippen LogP contribution in [-0.2, 0) is 11.2 Å². The normalized spacial score (nSPS) is 20.8. The molecule has 10 heteroatoms. The molecule has 2 N–H and O–H groups in total. The molecule has 202 valence electrons. The number of hydrogen-bond acceptors (Lipinski definition) is 6. The summed E-state index contributed by atoms with van der Waals surface area (Å²) in [4.78, 5) is 53.4. The lowest BCUT2D eigenvalue weighted by atomic mass is 9.88. The molecule has 0 radical (unpaired) electrons. The number of nitrogens with two attached hydrogens (primary N) is 1. The smallest absolute Gasteiger partial charge is 0.320 e. The van der Waals surface area contributed by atoms with E-state index >= 15 is 0 Å². The number of anilines is 1. The highest BCUT2D eigenvalue weighted by molar-refractivity contribution is 5.92. The quantitative estimate of drug-likeness (QED) is 0.626. The van der Waals surface area contributed by atoms with Crippen molar-refractivity contribution in [2.75, 3.05) is 51.2 Å². The molecule has 2 aromatic rings. The Morgan fingerprint density at radius 1 is 1.03 bits per heavy atom. The largest absolute Gasteiger partial charge is 0.364 e. The molecule has 0 aliphatic carbocycles. The van der Waals surface area contributed by atoms with Gasteiger partial charge in [0.2, 0.25) is 5.91 Å². The summed E-state index contributed by atoms with van der Waals surface area (Å²) in [6, 6.07) is 8.67. The fourth-order valence-corrected chi connectivity index (χ4v) is 5.95. The van der Waals surface area contributed by atoms with E-state index in [-0.39, 0.29) is 23.7 Å². The van der Waals surface area contributed by atoms with Crippen LogP contribution in [0.2, 0.25) is 0 Å². The lowest BCUT2D eigenvalue weighted by molar-refractivity contribution is -0.129. The number of likely N-dealkylation sites (tertiary alicyclic amines) is 1. The van der Waals surface area contributed by atoms with Gasteiger partial charge in [-0.1, -0.05) is 24.3 Å². The van der Waals surface area contributed by atoms with Crippen LogP contribution < -0.4 is 10.6 Å². The Morgan fingerprint density at radius 2 is 1.76 bits per heavy atom. The first-order valence-electron chi connectivity index (χ1n) is 13.6. The molecular weight excluding hydrogens is 482 g/mol. The molecule has 1 aromatic heterocycles. The van der Waals surface area contributed by atoms with Crippen molar-refractivity contribution in [1.82, 2.24) is 24.7 Å². The summed E-state index contributed by atoms with van der Waals surface area (Å²) in [6.07, 6.45) is 5.94. The Bertz CT molecular complexity index is 1190. The van der Waals surface area contributed by atoms with Crippen LogP contribution in [-0.4, -0.2) is 94.9 Å². The average Bonchev–Trinajstić information content (AvgIpc) is 3.27. The highest BCUT2D eigenvalue weighted by atomic mass is 16.2. The van der Waals surface area contributed by atoms with Gasteiger partial charge in [-0.25, -0.2) is 14.8 Å². The van der Waals surface area contributed by atoms with Crippen molar-refractivity contribution in [3.05, 3.63) is 53.0 Å². The van der Waals surface area contributed by atoms with Crippen molar-refractivity contribution in [2.45, 2.75) is 51.0 Å². The first-order valence-corrected chi connectivity index (χ1v) is 13.6. The maximum absolute atomic E-state index is 12.5. The Kier molecular flexibility index (Phi) is 7.49. The van der Waals surface area contributed by atoms with Gasteiger partial charge in [-0.2, -0.15) is 0 Å². The topological polar surface area (TPSA) is 116 Å². The van der Waals surface area contributed by atoms with E-state index < -0.39 is 5.91 Å². The van der Waals surface area contributed by atoms with Gasteiger partial charge in [0.25, 0.3) is 5.91 Å². The van der Waals surface area contributed by atoms with Crippen molar-refractivity contribution in [1.29, 1.82) is 0 Å². The van der Waals surface area contributed by atoms with Crippen molar-refractivity contribution < 1.29 is 14.4 Å². The van der Waals surface area contributed by atoms with E-state index in [4.69, 9.17) is 10.7 Å². The predicted octanol–water partition coefficient (Wildman–Crippen LogP) is 2.23. The van der Waals surface area contributed by atoms with E-state index in [2.05, 4.69) is 34.1 Å². The van der Waals surface area contributed by atoms with Gasteiger partial charge < -0.3 is 25.3 Å². The lowest BCUT2D eigenvalue weighted by Crippen LogP contribution is -2.49. The Labute approximate surface area is 223 Å². The van der Waals surface area contributed by atoms with E-state index in [0.717, 1.165) is 64.0 Å². The van der Waals surface area contributed by atoms with Crippen molar-refractivity contribution >= 4 is 23.7 Å². The third-order valence-corrected chi connectivity index (χ3v) is 8.24. The first-order chi connectivity index (χ1) is 18.3. The molecule has 4 heterocycles. The number of amides is 4. The van der Waals surface area contributed by atoms with Crippen LogP contribution in [0.5, 0.6) is 0 Å². The van der Waals surface area contributed by atoms with Gasteiger partial charge in [-0.3, -0.25) is 9.59 Å². The molecular formula is C28H37N7O3. The van der Waals surface area contributed by atoms with Crippen molar-refractivity contribution in [3.63, 3.8) is 0 Å². The molecule has 38 heavy (non-hydrogen) atoms. The number of nitrogens with zero attached hydrogens (tertiary/aromatic N) is 6. The average molecular weight is 520 g/mol. The number of hydrogen-bond donors (Lipinski definition) is 1. The highest BCUT2D eigenvalue weighted by Gasteiger charge is 2.34. The van der Waals surface area contributed by atoms with Gasteiger partial charge in [0, 0.05) is 59.7 Å². The number of rotatable bonds is 6. The molecule has 1 atom stereocenters. The zero-order chi connectivity index (χ0) is 26.8. The summed E-state index contributed by atoms with van der Waals surface area (Å²) in [7, 11) is 1.84. The zero-order valence-corrected chi connectivity index (χ0v) is 22.3. The summed E-state index contributed by atoms with van der Waals surface area (Å²) in [5, 5.41) is 0. The monoisotopic (exact) mass is 519 g/mol. The van der Waals surface area contributed by atoms with E-state index in [9.17, 15) is 14.4 Å². The molecule has 5 rings (SSSR count). The van der Waals surface area contributed by atoms with Crippen molar-refractivity contribution in [3.8, 4) is 0 Å². The Balaban J connectivity index is 1.29. The fraction of sp³-hybridized carbons (Fsp3) is 0.536. The number of carbonyl (C=O) groups is 3. The molecule has 3 fully saturated rings. The van der Waals surface area contributed by atoms with E-state index in [0.29, 0.717) is 30.4 Å². The van der Waals surface area contributed by atoms with Gasteiger partial charge in [-0.15, -0.1) is 0 Å². The maximum atomic E-state index is 12.5. The summed E-state index contributed by atoms with van der Waals surface area (Å²) in [6.45, 7) is 6.25. The van der Waals surface area contributed by atoms with Crippen LogP contribution in [0.15, 0.2) is 30.5 Å². The molecule has 0 spiro atoms. The van der Waals surface area contributed by atoms with Gasteiger partial charge in [0.05, 0.1) is 17.9 Å². The number of piperidine rings is 2. The number of benzene rings is 1. The summed E-state index contributed by atoms with van der Waals surface area (Å²) >= 11 is 0. The third-order valence-electron chi connectivity index (χ3n) is 8.24. The summed E-state index contributed by atoms with van der Waals surface area (Å²) < 4.78 is 0. The Morgan fingerprint density at radius 3 is 2.39 bits per heavy atom. The van der Waals surface area contributed by atoms with Crippen LogP contribution >= 0.6 is 0 Å². The fourth-order valence-electron chi connectivity index (χ4n) is 5.95. The minimum Gasteiger partial charge on any atom is -0.364 e. The molecule has 3 aliphatic heterocycles. The van der Waals surface area contributed by atoms with E-state index in [1.165, 1.54) is 5.56 Å². The number of primary amides is 1. The number of aromatic nitrogens is 2. The van der Waals surface area contributed by atoms with Crippen LogP contribution in [0.3, 0.4) is 0 Å². The molecule has 0 bridgehead atoms. The SMILES string of the molecule is CC(=O)N1CCC(c2ccc(Cc3nc(N4CCC[C@@H](N5CCN(C)C5=O)C4)cnc3C(N)=O)cc2)CC1. The van der Waals surface area contributed by atoms with Gasteiger partial charge in [-0.05, 0) is 42.7 Å².